The highest BCUT2D eigenvalue weighted by atomic mass is 79.9. The summed E-state index contributed by atoms with van der Waals surface area (Å²) in [6, 6.07) is 3.92. The molecule has 0 fully saturated rings. The van der Waals surface area contributed by atoms with E-state index in [1.165, 1.54) is 11.3 Å². The lowest BCUT2D eigenvalue weighted by molar-refractivity contribution is -0.128. The van der Waals surface area contributed by atoms with Crippen molar-refractivity contribution in [2.45, 2.75) is 12.8 Å². The van der Waals surface area contributed by atoms with Gasteiger partial charge in [-0.15, -0.1) is 11.3 Å². The van der Waals surface area contributed by atoms with Gasteiger partial charge in [-0.25, -0.2) is 0 Å². The third-order valence-corrected chi connectivity index (χ3v) is 6.04. The molecule has 1 aromatic carbocycles. The van der Waals surface area contributed by atoms with Gasteiger partial charge in [0.2, 0.25) is 11.8 Å². The summed E-state index contributed by atoms with van der Waals surface area (Å²) in [4.78, 5) is 29.4. The summed E-state index contributed by atoms with van der Waals surface area (Å²) in [6.07, 6.45) is 0.665. The number of halogens is 2. The Morgan fingerprint density at radius 3 is 1.52 bits per heavy atom. The first-order valence-corrected chi connectivity index (χ1v) is 9.41. The van der Waals surface area contributed by atoms with Crippen LogP contribution in [0, 0.1) is 0 Å². The maximum atomic E-state index is 12.1. The van der Waals surface area contributed by atoms with Crippen LogP contribution in [0.5, 0.6) is 0 Å². The van der Waals surface area contributed by atoms with Gasteiger partial charge in [-0.05, 0) is 12.1 Å². The molecule has 2 amide bonds. The van der Waals surface area contributed by atoms with Crippen LogP contribution in [0.15, 0.2) is 21.1 Å². The molecule has 0 spiro atoms. The van der Waals surface area contributed by atoms with Gasteiger partial charge in [0.25, 0.3) is 0 Å². The first-order chi connectivity index (χ1) is 10.7. The van der Waals surface area contributed by atoms with E-state index in [0.717, 1.165) is 29.5 Å². The summed E-state index contributed by atoms with van der Waals surface area (Å²) in [5.74, 6) is 0.0935. The molecule has 2 aromatic rings. The average Bonchev–Trinajstić information content (AvgIpc) is 2.82. The van der Waals surface area contributed by atoms with E-state index in [1.807, 2.05) is 12.1 Å². The molecule has 0 aliphatic heterocycles. The molecule has 0 aliphatic carbocycles. The quantitative estimate of drug-likeness (QED) is 0.696. The third-order valence-electron chi connectivity index (χ3n) is 3.53. The van der Waals surface area contributed by atoms with Crippen LogP contribution in [-0.2, 0) is 22.4 Å². The minimum Gasteiger partial charge on any atom is -0.349 e. The maximum absolute atomic E-state index is 12.1. The van der Waals surface area contributed by atoms with Crippen LogP contribution in [0.3, 0.4) is 0 Å². The number of carbonyl (C=O) groups is 2. The molecule has 1 heterocycles. The second-order valence-electron chi connectivity index (χ2n) is 5.66. The van der Waals surface area contributed by atoms with Crippen LogP contribution in [0.2, 0.25) is 0 Å². The molecule has 1 aromatic heterocycles. The number of nitrogens with zero attached hydrogens (tertiary/aromatic N) is 2. The van der Waals surface area contributed by atoms with Crippen molar-refractivity contribution in [2.75, 3.05) is 28.2 Å². The number of rotatable bonds is 4. The van der Waals surface area contributed by atoms with Gasteiger partial charge in [-0.2, -0.15) is 0 Å². The fourth-order valence-electron chi connectivity index (χ4n) is 2.19. The lowest BCUT2D eigenvalue weighted by Gasteiger charge is -2.09. The van der Waals surface area contributed by atoms with Gasteiger partial charge < -0.3 is 9.80 Å². The average molecular weight is 462 g/mol. The van der Waals surface area contributed by atoms with E-state index in [4.69, 9.17) is 0 Å². The Morgan fingerprint density at radius 1 is 0.870 bits per heavy atom. The van der Waals surface area contributed by atoms with Gasteiger partial charge in [-0.3, -0.25) is 9.59 Å². The molecule has 0 atom stereocenters. The molecular formula is C16H18Br2N2O2S. The zero-order chi connectivity index (χ0) is 17.3. The van der Waals surface area contributed by atoms with Crippen molar-refractivity contribution in [3.05, 3.63) is 30.8 Å². The summed E-state index contributed by atoms with van der Waals surface area (Å²) < 4.78 is 1.88. The molecule has 0 N–H and O–H groups in total. The van der Waals surface area contributed by atoms with Crippen LogP contribution in [-0.4, -0.2) is 49.8 Å². The Labute approximate surface area is 156 Å². The zero-order valence-corrected chi connectivity index (χ0v) is 17.4. The summed E-state index contributed by atoms with van der Waals surface area (Å²) in [7, 11) is 7.00. The number of likely N-dealkylation sites (N-methyl/N-ethyl adjacent to an activating group) is 2. The van der Waals surface area contributed by atoms with E-state index in [0.29, 0.717) is 12.8 Å². The fraction of sp³-hybridized carbons (Fsp3) is 0.375. The van der Waals surface area contributed by atoms with Gasteiger partial charge in [0.1, 0.15) is 0 Å². The molecule has 2 rings (SSSR count). The second kappa shape index (κ2) is 7.32. The Kier molecular flexibility index (Phi) is 5.86. The van der Waals surface area contributed by atoms with E-state index in [9.17, 15) is 9.59 Å². The van der Waals surface area contributed by atoms with Gasteiger partial charge >= 0.3 is 0 Å². The minimum absolute atomic E-state index is 0.0468. The van der Waals surface area contributed by atoms with Crippen molar-refractivity contribution < 1.29 is 9.59 Å². The molecule has 7 heteroatoms. The molecule has 0 saturated heterocycles. The summed E-state index contributed by atoms with van der Waals surface area (Å²) >= 11 is 8.70. The monoisotopic (exact) mass is 460 g/mol. The summed E-state index contributed by atoms with van der Waals surface area (Å²) in [5, 5.41) is 2.03. The SMILES string of the molecule is CN(C)C(=O)Cc1sc(CC(=O)N(C)C)c2c(Br)ccc(Br)c12. The Hall–Kier alpha value is -0.920. The number of carbonyl (C=O) groups excluding carboxylic acids is 2. The number of amides is 2. The number of fused-ring (bicyclic) bond motifs is 1. The highest BCUT2D eigenvalue weighted by Gasteiger charge is 2.21. The number of benzene rings is 1. The third kappa shape index (κ3) is 3.95. The predicted molar refractivity (Wildman–Crippen MR) is 102 cm³/mol. The number of thiophene rings is 1. The van der Waals surface area contributed by atoms with Gasteiger partial charge in [-0.1, -0.05) is 31.9 Å². The topological polar surface area (TPSA) is 40.6 Å². The molecule has 23 heavy (non-hydrogen) atoms. The second-order valence-corrected chi connectivity index (χ2v) is 8.56. The molecule has 4 nitrogen and oxygen atoms in total. The standard InChI is InChI=1S/C16H18Br2N2O2S/c1-19(2)13(21)7-11-15-9(17)5-6-10(18)16(15)12(23-11)8-14(22)20(3)4/h5-6H,7-8H2,1-4H3. The predicted octanol–water partition coefficient (Wildman–Crippen LogP) is 3.69. The fourth-order valence-corrected chi connectivity index (χ4v) is 4.91. The Bertz CT molecular complexity index is 707. The molecule has 0 saturated carbocycles. The van der Waals surface area contributed by atoms with E-state index in [1.54, 1.807) is 38.0 Å². The van der Waals surface area contributed by atoms with Crippen LogP contribution in [0.1, 0.15) is 9.75 Å². The highest BCUT2D eigenvalue weighted by Crippen LogP contribution is 2.41. The lowest BCUT2D eigenvalue weighted by Crippen LogP contribution is -2.23. The molecule has 0 aliphatic rings. The van der Waals surface area contributed by atoms with Crippen LogP contribution < -0.4 is 0 Å². The minimum atomic E-state index is 0.0468. The molecule has 0 radical (unpaired) electrons. The zero-order valence-electron chi connectivity index (χ0n) is 13.4. The number of hydrogen-bond acceptors (Lipinski definition) is 3. The van der Waals surface area contributed by atoms with Crippen LogP contribution >= 0.6 is 43.2 Å². The molecular weight excluding hydrogens is 444 g/mol. The molecule has 124 valence electrons. The first-order valence-electron chi connectivity index (χ1n) is 7.01. The van der Waals surface area contributed by atoms with Crippen molar-refractivity contribution in [3.8, 4) is 0 Å². The summed E-state index contributed by atoms with van der Waals surface area (Å²) in [5.41, 5.74) is 0. The Morgan fingerprint density at radius 2 is 1.22 bits per heavy atom. The van der Waals surface area contributed by atoms with Crippen molar-refractivity contribution >= 4 is 65.8 Å². The highest BCUT2D eigenvalue weighted by molar-refractivity contribution is 9.11. The van der Waals surface area contributed by atoms with Gasteiger partial charge in [0.15, 0.2) is 0 Å². The van der Waals surface area contributed by atoms with Gasteiger partial charge in [0.05, 0.1) is 12.8 Å². The van der Waals surface area contributed by atoms with Gasteiger partial charge in [0, 0.05) is 57.7 Å². The summed E-state index contributed by atoms with van der Waals surface area (Å²) in [6.45, 7) is 0. The molecule has 0 bridgehead atoms. The van der Waals surface area contributed by atoms with Crippen molar-refractivity contribution in [3.63, 3.8) is 0 Å². The van der Waals surface area contributed by atoms with Crippen molar-refractivity contribution in [1.82, 2.24) is 9.80 Å². The molecule has 0 unspecified atom stereocenters. The normalized spacial score (nSPS) is 10.9. The van der Waals surface area contributed by atoms with Crippen LogP contribution in [0.25, 0.3) is 10.8 Å². The van der Waals surface area contributed by atoms with Crippen LogP contribution in [0.4, 0.5) is 0 Å². The largest absolute Gasteiger partial charge is 0.349 e. The van der Waals surface area contributed by atoms with E-state index < -0.39 is 0 Å². The Balaban J connectivity index is 2.58. The maximum Gasteiger partial charge on any atom is 0.227 e. The van der Waals surface area contributed by atoms with E-state index in [-0.39, 0.29) is 11.8 Å². The number of hydrogen-bond donors (Lipinski definition) is 0. The first kappa shape index (κ1) is 18.4. The van der Waals surface area contributed by atoms with Crippen molar-refractivity contribution in [2.24, 2.45) is 0 Å². The van der Waals surface area contributed by atoms with Crippen molar-refractivity contribution in [1.29, 1.82) is 0 Å². The lowest BCUT2D eigenvalue weighted by atomic mass is 10.1. The smallest absolute Gasteiger partial charge is 0.227 e. The van der Waals surface area contributed by atoms with E-state index >= 15 is 0 Å². The van der Waals surface area contributed by atoms with E-state index in [2.05, 4.69) is 31.9 Å².